The van der Waals surface area contributed by atoms with Crippen molar-refractivity contribution in [3.63, 3.8) is 0 Å². The van der Waals surface area contributed by atoms with E-state index in [0.717, 1.165) is 4.90 Å². The number of carbonyl (C=O) groups is 5. The first-order chi connectivity index (χ1) is 20.4. The molecule has 1 aromatic carbocycles. The monoisotopic (exact) mass is 619 g/mol. The van der Waals surface area contributed by atoms with Crippen molar-refractivity contribution in [1.29, 1.82) is 0 Å². The second kappa shape index (κ2) is 10.5. The average molecular weight is 620 g/mol. The Labute approximate surface area is 246 Å². The van der Waals surface area contributed by atoms with Gasteiger partial charge < -0.3 is 25.0 Å². The first-order valence-electron chi connectivity index (χ1n) is 13.9. The molecule has 14 nitrogen and oxygen atoms in total. The molecule has 0 bridgehead atoms. The lowest BCUT2D eigenvalue weighted by Gasteiger charge is -2.27. The number of ether oxygens (including phenoxy) is 2. The fourth-order valence-electron chi connectivity index (χ4n) is 5.84. The number of likely N-dealkylation sites (tertiary alicyclic amines) is 1. The summed E-state index contributed by atoms with van der Waals surface area (Å²) in [6, 6.07) is 2.23. The molecule has 43 heavy (non-hydrogen) atoms. The number of nitrogens with zero attached hydrogens (tertiary/aromatic N) is 2. The topological polar surface area (TPSA) is 181 Å². The van der Waals surface area contributed by atoms with Gasteiger partial charge in [-0.1, -0.05) is 18.2 Å². The average Bonchev–Trinajstić information content (AvgIpc) is 3.78. The molecule has 2 aliphatic carbocycles. The number of carbonyl (C=O) groups excluding carboxylic acids is 5. The molecule has 0 radical (unpaired) electrons. The molecule has 1 aromatic rings. The Kier molecular flexibility index (Phi) is 7.06. The van der Waals surface area contributed by atoms with Crippen molar-refractivity contribution in [3.8, 4) is 0 Å². The molecule has 2 saturated heterocycles. The highest BCUT2D eigenvalue weighted by Gasteiger charge is 2.62. The van der Waals surface area contributed by atoms with Crippen molar-refractivity contribution >= 4 is 39.9 Å². The van der Waals surface area contributed by atoms with E-state index in [1.54, 1.807) is 12.1 Å². The van der Waals surface area contributed by atoms with Crippen LogP contribution in [0.2, 0.25) is 0 Å². The van der Waals surface area contributed by atoms with Gasteiger partial charge in [0.1, 0.15) is 36.2 Å². The highest BCUT2D eigenvalue weighted by atomic mass is 32.2. The summed E-state index contributed by atoms with van der Waals surface area (Å²) in [5.74, 6) is -3.32. The van der Waals surface area contributed by atoms with Crippen molar-refractivity contribution in [3.05, 3.63) is 47.8 Å². The van der Waals surface area contributed by atoms with Crippen LogP contribution in [0.15, 0.2) is 30.9 Å². The second-order valence-electron chi connectivity index (χ2n) is 11.5. The zero-order valence-corrected chi connectivity index (χ0v) is 23.7. The van der Waals surface area contributed by atoms with Gasteiger partial charge in [0, 0.05) is 24.4 Å². The highest BCUT2D eigenvalue weighted by Crippen LogP contribution is 2.45. The summed E-state index contributed by atoms with van der Waals surface area (Å²) < 4.78 is 51.6. The van der Waals surface area contributed by atoms with Crippen molar-refractivity contribution < 1.29 is 46.3 Å². The van der Waals surface area contributed by atoms with Crippen molar-refractivity contribution in [2.24, 2.45) is 5.92 Å². The summed E-state index contributed by atoms with van der Waals surface area (Å²) in [6.45, 7) is 3.32. The summed E-state index contributed by atoms with van der Waals surface area (Å²) >= 11 is 0. The van der Waals surface area contributed by atoms with Crippen LogP contribution in [0, 0.1) is 11.7 Å². The molecule has 16 heteroatoms. The third-order valence-electron chi connectivity index (χ3n) is 8.52. The highest BCUT2D eigenvalue weighted by molar-refractivity contribution is 7.91. The number of cyclic esters (lactones) is 1. The number of amides is 5. The van der Waals surface area contributed by atoms with E-state index in [-0.39, 0.29) is 39.1 Å². The minimum Gasteiger partial charge on any atom is -0.447 e. The number of fused-ring (bicyclic) bond motifs is 1. The number of alkyl carbamates (subject to hydrolysis) is 1. The predicted octanol–water partition coefficient (Wildman–Crippen LogP) is 0.0251. The molecule has 2 saturated carbocycles. The largest absolute Gasteiger partial charge is 0.447 e. The first-order valence-corrected chi connectivity index (χ1v) is 15.4. The van der Waals surface area contributed by atoms with Gasteiger partial charge in [0.05, 0.1) is 18.3 Å². The molecule has 4 fully saturated rings. The van der Waals surface area contributed by atoms with Gasteiger partial charge in [0.25, 0.3) is 5.91 Å². The second-order valence-corrected chi connectivity index (χ2v) is 13.4. The van der Waals surface area contributed by atoms with Crippen LogP contribution in [0.25, 0.3) is 0 Å². The Balaban J connectivity index is 1.17. The summed E-state index contributed by atoms with van der Waals surface area (Å²) in [6.07, 6.45) is -0.245. The Morgan fingerprint density at radius 2 is 1.98 bits per heavy atom. The van der Waals surface area contributed by atoms with Crippen molar-refractivity contribution in [2.45, 2.75) is 67.7 Å². The molecule has 0 unspecified atom stereocenters. The Bertz CT molecular complexity index is 1530. The SMILES string of the molecule is C=C[C@@H]1C[C@]1(NC(=O)[C@@H]1C[C@@H](OC(=O)N2Cc3cccc(F)c3C2)CN1C(=O)[C@@H]1COC(=O)N1)C(=O)NS(=O)(=O)C1CC1. The fraction of sp³-hybridized carbons (Fsp3) is 0.519. The Morgan fingerprint density at radius 1 is 1.21 bits per heavy atom. The Morgan fingerprint density at radius 3 is 2.60 bits per heavy atom. The normalized spacial score (nSPS) is 29.3. The standard InChI is InChI=1S/C27H30FN5O9S/c1-2-15-9-27(15,24(36)31-43(39,40)17-6-7-17)30-22(34)21-8-16(11-33(21)23(35)20-13-41-25(37)29-20)42-26(38)32-10-14-4-3-5-19(28)18(14)12-32/h2-5,15-17,20-21H,1,6-13H2,(H,29,37)(H,30,34)(H,31,36)/t15-,16-,20+,21+,27-/m1/s1. The van der Waals surface area contributed by atoms with Crippen LogP contribution in [-0.2, 0) is 47.0 Å². The van der Waals surface area contributed by atoms with Gasteiger partial charge >= 0.3 is 12.2 Å². The van der Waals surface area contributed by atoms with Crippen LogP contribution < -0.4 is 15.4 Å². The third kappa shape index (κ3) is 5.39. The maximum Gasteiger partial charge on any atom is 0.410 e. The van der Waals surface area contributed by atoms with Gasteiger partial charge in [0.2, 0.25) is 21.8 Å². The number of halogens is 1. The number of benzene rings is 1. The summed E-state index contributed by atoms with van der Waals surface area (Å²) in [7, 11) is -3.90. The van der Waals surface area contributed by atoms with Gasteiger partial charge in [0.15, 0.2) is 0 Å². The molecular formula is C27H30FN5O9S. The predicted molar refractivity (Wildman–Crippen MR) is 144 cm³/mol. The fourth-order valence-corrected chi connectivity index (χ4v) is 7.20. The van der Waals surface area contributed by atoms with E-state index in [4.69, 9.17) is 9.47 Å². The quantitative estimate of drug-likeness (QED) is 0.338. The molecular weight excluding hydrogens is 589 g/mol. The van der Waals surface area contributed by atoms with Crippen LogP contribution in [0.4, 0.5) is 14.0 Å². The maximum absolute atomic E-state index is 14.2. The van der Waals surface area contributed by atoms with Crippen LogP contribution in [-0.4, -0.2) is 90.3 Å². The molecule has 0 aromatic heterocycles. The van der Waals surface area contributed by atoms with E-state index in [1.165, 1.54) is 17.0 Å². The van der Waals surface area contributed by atoms with Gasteiger partial charge in [-0.2, -0.15) is 0 Å². The third-order valence-corrected chi connectivity index (χ3v) is 10.3. The van der Waals surface area contributed by atoms with Gasteiger partial charge in [-0.15, -0.1) is 6.58 Å². The first kappa shape index (κ1) is 28.9. The summed E-state index contributed by atoms with van der Waals surface area (Å²) in [5.41, 5.74) is -0.561. The molecule has 5 atom stereocenters. The minimum absolute atomic E-state index is 0.00407. The van der Waals surface area contributed by atoms with E-state index in [0.29, 0.717) is 24.0 Å². The molecule has 3 N–H and O–H groups in total. The lowest BCUT2D eigenvalue weighted by molar-refractivity contribution is -0.141. The van der Waals surface area contributed by atoms with Gasteiger partial charge in [-0.3, -0.25) is 24.0 Å². The number of hydrogen-bond acceptors (Lipinski definition) is 9. The van der Waals surface area contributed by atoms with Crippen molar-refractivity contribution in [1.82, 2.24) is 25.2 Å². The summed E-state index contributed by atoms with van der Waals surface area (Å²) in [5, 5.41) is 4.34. The van der Waals surface area contributed by atoms with Crippen LogP contribution in [0.3, 0.4) is 0 Å². The van der Waals surface area contributed by atoms with Gasteiger partial charge in [-0.05, 0) is 30.9 Å². The number of hydrogen-bond donors (Lipinski definition) is 3. The van der Waals surface area contributed by atoms with Crippen LogP contribution >= 0.6 is 0 Å². The van der Waals surface area contributed by atoms with E-state index >= 15 is 0 Å². The van der Waals surface area contributed by atoms with Crippen molar-refractivity contribution in [2.75, 3.05) is 13.2 Å². The molecule has 3 aliphatic heterocycles. The van der Waals surface area contributed by atoms with E-state index in [9.17, 15) is 36.8 Å². The summed E-state index contributed by atoms with van der Waals surface area (Å²) in [4.78, 5) is 67.2. The zero-order chi connectivity index (χ0) is 30.7. The lowest BCUT2D eigenvalue weighted by Crippen LogP contribution is -2.58. The van der Waals surface area contributed by atoms with Crippen LogP contribution in [0.5, 0.6) is 0 Å². The molecule has 230 valence electrons. The molecule has 5 aliphatic rings. The molecule has 6 rings (SSSR count). The number of sulfonamides is 1. The molecule has 3 heterocycles. The number of rotatable bonds is 8. The minimum atomic E-state index is -3.90. The number of nitrogens with one attached hydrogen (secondary N) is 3. The Hall–Kier alpha value is -4.21. The maximum atomic E-state index is 14.2. The zero-order valence-electron chi connectivity index (χ0n) is 22.9. The van der Waals surface area contributed by atoms with E-state index in [2.05, 4.69) is 21.9 Å². The van der Waals surface area contributed by atoms with Gasteiger partial charge in [-0.25, -0.2) is 22.4 Å². The smallest absolute Gasteiger partial charge is 0.410 e. The van der Waals surface area contributed by atoms with E-state index < -0.39 is 80.6 Å². The van der Waals surface area contributed by atoms with Crippen LogP contribution in [0.1, 0.15) is 36.8 Å². The molecule has 0 spiro atoms. The molecule has 5 amide bonds. The van der Waals surface area contributed by atoms with E-state index in [1.807, 2.05) is 0 Å². The lowest BCUT2D eigenvalue weighted by atomic mass is 10.1.